The molecule has 2 aromatic rings. The topological polar surface area (TPSA) is 86.7 Å². The third-order valence-corrected chi connectivity index (χ3v) is 7.66. The van der Waals surface area contributed by atoms with Crippen LogP contribution in [0.3, 0.4) is 0 Å². The first-order valence-corrected chi connectivity index (χ1v) is 10.6. The lowest BCUT2D eigenvalue weighted by Crippen LogP contribution is -2.40. The second kappa shape index (κ2) is 6.70. The van der Waals surface area contributed by atoms with Crippen molar-refractivity contribution in [2.24, 2.45) is 0 Å². The van der Waals surface area contributed by atoms with Gasteiger partial charge in [-0.05, 0) is 43.2 Å². The highest BCUT2D eigenvalue weighted by atomic mass is 32.2. The smallest absolute Gasteiger partial charge is 0.256 e. The van der Waals surface area contributed by atoms with E-state index in [9.17, 15) is 18.3 Å². The van der Waals surface area contributed by atoms with Crippen LogP contribution in [0.15, 0.2) is 57.2 Å². The van der Waals surface area contributed by atoms with Gasteiger partial charge < -0.3 is 10.4 Å². The molecule has 0 radical (unpaired) electrons. The summed E-state index contributed by atoms with van der Waals surface area (Å²) in [5.41, 5.74) is 1.07. The molecule has 136 valence electrons. The highest BCUT2D eigenvalue weighted by Crippen LogP contribution is 2.40. The van der Waals surface area contributed by atoms with E-state index in [0.29, 0.717) is 37.2 Å². The van der Waals surface area contributed by atoms with Crippen LogP contribution in [0.1, 0.15) is 23.2 Å². The quantitative estimate of drug-likeness (QED) is 0.823. The fourth-order valence-corrected chi connectivity index (χ4v) is 5.65. The number of hydrogen-bond donors (Lipinski definition) is 2. The minimum atomic E-state index is -3.65. The zero-order chi connectivity index (χ0) is 18.3. The molecule has 0 atom stereocenters. The molecule has 2 aliphatic heterocycles. The van der Waals surface area contributed by atoms with E-state index in [0.717, 1.165) is 9.79 Å². The maximum Gasteiger partial charge on any atom is 0.256 e. The number of carbonyl (C=O) groups excluding carboxylic acids is 1. The molecule has 26 heavy (non-hydrogen) atoms. The standard InChI is InChI=1S/C18H18N2O4S2/c21-12-7-9-20(10-8-12)26(23,24)13-5-6-17-15(11-13)19-18(22)14-3-1-2-4-16(14)25-17/h1-6,11-12,21H,7-10H2,(H,19,22). The number of aliphatic hydroxyl groups is 1. The van der Waals surface area contributed by atoms with E-state index < -0.39 is 16.1 Å². The molecule has 2 N–H and O–H groups in total. The molecule has 2 aliphatic rings. The number of hydrogen-bond acceptors (Lipinski definition) is 5. The van der Waals surface area contributed by atoms with E-state index in [1.807, 2.05) is 12.1 Å². The van der Waals surface area contributed by atoms with Crippen LogP contribution in [0.4, 0.5) is 5.69 Å². The SMILES string of the molecule is O=C1Nc2cc(S(=O)(=O)N3CCC(O)CC3)ccc2Sc2ccccc21. The summed E-state index contributed by atoms with van der Waals surface area (Å²) < 4.78 is 27.2. The number of piperidine rings is 1. The Bertz CT molecular complexity index is 967. The summed E-state index contributed by atoms with van der Waals surface area (Å²) in [6.07, 6.45) is 0.431. The molecule has 1 saturated heterocycles. The van der Waals surface area contributed by atoms with Gasteiger partial charge in [0, 0.05) is 22.9 Å². The fourth-order valence-electron chi connectivity index (χ4n) is 3.14. The molecule has 1 fully saturated rings. The van der Waals surface area contributed by atoms with Gasteiger partial charge in [0.25, 0.3) is 5.91 Å². The molecule has 0 aromatic heterocycles. The monoisotopic (exact) mass is 390 g/mol. The van der Waals surface area contributed by atoms with Crippen molar-refractivity contribution in [1.29, 1.82) is 0 Å². The molecule has 8 heteroatoms. The minimum Gasteiger partial charge on any atom is -0.393 e. The lowest BCUT2D eigenvalue weighted by atomic mass is 10.1. The molecular formula is C18H18N2O4S2. The van der Waals surface area contributed by atoms with Gasteiger partial charge in [0.2, 0.25) is 10.0 Å². The van der Waals surface area contributed by atoms with Gasteiger partial charge >= 0.3 is 0 Å². The van der Waals surface area contributed by atoms with Gasteiger partial charge in [0.1, 0.15) is 0 Å². The second-order valence-electron chi connectivity index (χ2n) is 6.35. The van der Waals surface area contributed by atoms with E-state index in [2.05, 4.69) is 5.32 Å². The van der Waals surface area contributed by atoms with Crippen LogP contribution in [-0.2, 0) is 10.0 Å². The molecular weight excluding hydrogens is 372 g/mol. The van der Waals surface area contributed by atoms with Crippen LogP contribution in [-0.4, -0.2) is 42.9 Å². The Labute approximate surface area is 156 Å². The van der Waals surface area contributed by atoms with Crippen LogP contribution in [0.5, 0.6) is 0 Å². The molecule has 0 spiro atoms. The van der Waals surface area contributed by atoms with Gasteiger partial charge in [-0.3, -0.25) is 4.79 Å². The summed E-state index contributed by atoms with van der Waals surface area (Å²) >= 11 is 1.44. The lowest BCUT2D eigenvalue weighted by molar-refractivity contribution is 0.102. The van der Waals surface area contributed by atoms with Crippen molar-refractivity contribution in [3.63, 3.8) is 0 Å². The van der Waals surface area contributed by atoms with Gasteiger partial charge in [-0.2, -0.15) is 4.31 Å². The first kappa shape index (κ1) is 17.5. The number of carbonyl (C=O) groups is 1. The van der Waals surface area contributed by atoms with Crippen molar-refractivity contribution in [1.82, 2.24) is 4.31 Å². The van der Waals surface area contributed by atoms with Gasteiger partial charge in [0.05, 0.1) is 22.3 Å². The van der Waals surface area contributed by atoms with E-state index in [1.165, 1.54) is 22.1 Å². The van der Waals surface area contributed by atoms with Crippen molar-refractivity contribution >= 4 is 33.4 Å². The number of fused-ring (bicyclic) bond motifs is 2. The normalized spacial score (nSPS) is 18.6. The van der Waals surface area contributed by atoms with Crippen LogP contribution in [0, 0.1) is 0 Å². The highest BCUT2D eigenvalue weighted by molar-refractivity contribution is 7.99. The van der Waals surface area contributed by atoms with Crippen molar-refractivity contribution in [2.75, 3.05) is 18.4 Å². The molecule has 2 heterocycles. The highest BCUT2D eigenvalue weighted by Gasteiger charge is 2.30. The van der Waals surface area contributed by atoms with Crippen LogP contribution < -0.4 is 5.32 Å². The number of benzene rings is 2. The predicted molar refractivity (Wildman–Crippen MR) is 99.0 cm³/mol. The minimum absolute atomic E-state index is 0.152. The number of nitrogens with one attached hydrogen (secondary N) is 1. The molecule has 4 rings (SSSR count). The van der Waals surface area contributed by atoms with Gasteiger partial charge in [-0.25, -0.2) is 8.42 Å². The van der Waals surface area contributed by atoms with Gasteiger partial charge in [-0.1, -0.05) is 23.9 Å². The molecule has 0 unspecified atom stereocenters. The molecule has 1 amide bonds. The average Bonchev–Trinajstić information content (AvgIpc) is 2.77. The number of amides is 1. The summed E-state index contributed by atoms with van der Waals surface area (Å²) in [6.45, 7) is 0.597. The number of aliphatic hydroxyl groups excluding tert-OH is 1. The first-order valence-electron chi connectivity index (χ1n) is 8.35. The number of rotatable bonds is 2. The molecule has 0 saturated carbocycles. The Kier molecular flexibility index (Phi) is 4.52. The summed E-state index contributed by atoms with van der Waals surface area (Å²) in [4.78, 5) is 14.2. The van der Waals surface area contributed by atoms with E-state index in [-0.39, 0.29) is 10.8 Å². The summed E-state index contributed by atoms with van der Waals surface area (Å²) in [7, 11) is -3.65. The van der Waals surface area contributed by atoms with E-state index in [4.69, 9.17) is 0 Å². The van der Waals surface area contributed by atoms with Crippen LogP contribution in [0.25, 0.3) is 0 Å². The van der Waals surface area contributed by atoms with Crippen molar-refractivity contribution < 1.29 is 18.3 Å². The Hall–Kier alpha value is -1.87. The molecule has 0 aliphatic carbocycles. The first-order chi connectivity index (χ1) is 12.4. The average molecular weight is 390 g/mol. The third kappa shape index (κ3) is 3.14. The van der Waals surface area contributed by atoms with Crippen molar-refractivity contribution in [3.05, 3.63) is 48.0 Å². The maximum atomic E-state index is 12.9. The summed E-state index contributed by atoms with van der Waals surface area (Å²) in [5.74, 6) is -0.248. The molecule has 6 nitrogen and oxygen atoms in total. The maximum absolute atomic E-state index is 12.9. The predicted octanol–water partition coefficient (Wildman–Crippen LogP) is 2.55. The summed E-state index contributed by atoms with van der Waals surface area (Å²) in [6, 6.07) is 12.1. The largest absolute Gasteiger partial charge is 0.393 e. The van der Waals surface area contributed by atoms with Crippen LogP contribution >= 0.6 is 11.8 Å². The number of nitrogens with zero attached hydrogens (tertiary/aromatic N) is 1. The van der Waals surface area contributed by atoms with Crippen molar-refractivity contribution in [3.8, 4) is 0 Å². The van der Waals surface area contributed by atoms with Crippen molar-refractivity contribution in [2.45, 2.75) is 33.6 Å². The number of anilines is 1. The Morgan fingerprint density at radius 3 is 2.58 bits per heavy atom. The summed E-state index contributed by atoms with van der Waals surface area (Å²) in [5, 5.41) is 12.4. The number of sulfonamides is 1. The Morgan fingerprint density at radius 2 is 1.81 bits per heavy atom. The van der Waals surface area contributed by atoms with Crippen LogP contribution in [0.2, 0.25) is 0 Å². The third-order valence-electron chi connectivity index (χ3n) is 4.61. The Morgan fingerprint density at radius 1 is 1.08 bits per heavy atom. The second-order valence-corrected chi connectivity index (χ2v) is 9.37. The van der Waals surface area contributed by atoms with E-state index >= 15 is 0 Å². The van der Waals surface area contributed by atoms with Gasteiger partial charge in [-0.15, -0.1) is 0 Å². The zero-order valence-electron chi connectivity index (χ0n) is 13.9. The van der Waals surface area contributed by atoms with Gasteiger partial charge in [0.15, 0.2) is 0 Å². The lowest BCUT2D eigenvalue weighted by Gasteiger charge is -2.28. The fraction of sp³-hybridized carbons (Fsp3) is 0.278. The van der Waals surface area contributed by atoms with E-state index in [1.54, 1.807) is 24.3 Å². The zero-order valence-corrected chi connectivity index (χ0v) is 15.5. The Balaban J connectivity index is 1.68. The molecule has 0 bridgehead atoms. The molecule has 2 aromatic carbocycles.